The first-order valence-electron chi connectivity index (χ1n) is 11.8. The lowest BCUT2D eigenvalue weighted by Crippen LogP contribution is -2.43. The van der Waals surface area contributed by atoms with Gasteiger partial charge in [-0.25, -0.2) is 0 Å². The third kappa shape index (κ3) is 6.35. The highest BCUT2D eigenvalue weighted by atomic mass is 16.5. The van der Waals surface area contributed by atoms with Gasteiger partial charge in [0.25, 0.3) is 5.91 Å². The third-order valence-electron chi connectivity index (χ3n) is 6.19. The predicted octanol–water partition coefficient (Wildman–Crippen LogP) is 3.10. The number of carbonyl (C=O) groups is 3. The van der Waals surface area contributed by atoms with Crippen LogP contribution >= 0.6 is 0 Å². The van der Waals surface area contributed by atoms with Crippen molar-refractivity contribution in [1.82, 2.24) is 4.90 Å². The van der Waals surface area contributed by atoms with Gasteiger partial charge in [0.2, 0.25) is 11.8 Å². The molecule has 0 unspecified atom stereocenters. The number of para-hydroxylation sites is 2. The van der Waals surface area contributed by atoms with E-state index in [1.165, 1.54) is 0 Å². The summed E-state index contributed by atoms with van der Waals surface area (Å²) in [7, 11) is 1.73. The minimum Gasteiger partial charge on any atom is -0.398 e. The molecule has 182 valence electrons. The minimum absolute atomic E-state index is 0.00269. The van der Waals surface area contributed by atoms with Crippen molar-refractivity contribution in [2.24, 2.45) is 5.73 Å². The average Bonchev–Trinajstić information content (AvgIpc) is 3.34. The van der Waals surface area contributed by atoms with E-state index < -0.39 is 11.9 Å². The zero-order valence-corrected chi connectivity index (χ0v) is 19.7. The van der Waals surface area contributed by atoms with Gasteiger partial charge in [0, 0.05) is 43.6 Å². The molecule has 0 saturated carbocycles. The van der Waals surface area contributed by atoms with Crippen LogP contribution in [0.2, 0.25) is 0 Å². The summed E-state index contributed by atoms with van der Waals surface area (Å²) in [5.74, 6) is -0.589. The Hall–Kier alpha value is -3.39. The van der Waals surface area contributed by atoms with E-state index >= 15 is 0 Å². The van der Waals surface area contributed by atoms with E-state index in [1.54, 1.807) is 41.1 Å². The van der Waals surface area contributed by atoms with Gasteiger partial charge in [-0.2, -0.15) is 0 Å². The number of hydrogen-bond acceptors (Lipinski definition) is 5. The lowest BCUT2D eigenvalue weighted by Gasteiger charge is -2.22. The zero-order chi connectivity index (χ0) is 24.5. The molecule has 2 aromatic carbocycles. The van der Waals surface area contributed by atoms with Crippen LogP contribution in [-0.4, -0.2) is 48.9 Å². The lowest BCUT2D eigenvalue weighted by molar-refractivity contribution is -0.137. The van der Waals surface area contributed by atoms with Crippen LogP contribution in [0.1, 0.15) is 54.4 Å². The molecule has 0 aliphatic carbocycles. The van der Waals surface area contributed by atoms with Crippen LogP contribution in [0.15, 0.2) is 48.5 Å². The number of primary amides is 1. The minimum atomic E-state index is -0.445. The molecule has 1 saturated heterocycles. The van der Waals surface area contributed by atoms with Crippen molar-refractivity contribution in [3.63, 3.8) is 0 Å². The first kappa shape index (κ1) is 25.2. The fraction of sp³-hybridized carbons (Fsp3) is 0.423. The molecule has 1 heterocycles. The molecule has 1 aliphatic rings. The summed E-state index contributed by atoms with van der Waals surface area (Å²) in [5, 5.41) is 0. The first-order valence-corrected chi connectivity index (χ1v) is 11.8. The van der Waals surface area contributed by atoms with Crippen molar-refractivity contribution in [2.75, 3.05) is 30.8 Å². The highest BCUT2D eigenvalue weighted by Crippen LogP contribution is 2.24. The van der Waals surface area contributed by atoms with Crippen LogP contribution in [-0.2, 0) is 20.9 Å². The zero-order valence-electron chi connectivity index (χ0n) is 19.7. The summed E-state index contributed by atoms with van der Waals surface area (Å²) in [6.45, 7) is 1.55. The number of nitrogens with two attached hydrogens (primary N) is 2. The van der Waals surface area contributed by atoms with Gasteiger partial charge in [-0.1, -0.05) is 36.8 Å². The topological polar surface area (TPSA) is 119 Å². The number of amides is 3. The normalized spacial score (nSPS) is 15.3. The van der Waals surface area contributed by atoms with E-state index in [0.717, 1.165) is 36.9 Å². The molecule has 3 amide bonds. The molecule has 0 bridgehead atoms. The quantitative estimate of drug-likeness (QED) is 0.390. The summed E-state index contributed by atoms with van der Waals surface area (Å²) >= 11 is 0. The number of likely N-dealkylation sites (tertiary alicyclic amines) is 1. The van der Waals surface area contributed by atoms with E-state index in [2.05, 4.69) is 0 Å². The number of anilines is 2. The Bertz CT molecular complexity index is 1010. The van der Waals surface area contributed by atoms with Gasteiger partial charge in [-0.15, -0.1) is 0 Å². The number of nitrogen functional groups attached to an aromatic ring is 1. The van der Waals surface area contributed by atoms with Gasteiger partial charge in [0.1, 0.15) is 6.04 Å². The second-order valence-corrected chi connectivity index (χ2v) is 8.59. The van der Waals surface area contributed by atoms with Gasteiger partial charge in [0.15, 0.2) is 0 Å². The summed E-state index contributed by atoms with van der Waals surface area (Å²) in [4.78, 5) is 40.0. The Morgan fingerprint density at radius 3 is 2.56 bits per heavy atom. The first-order chi connectivity index (χ1) is 16.4. The van der Waals surface area contributed by atoms with Gasteiger partial charge in [-0.3, -0.25) is 14.4 Å². The number of nitrogens with zero attached hydrogens (tertiary/aromatic N) is 2. The van der Waals surface area contributed by atoms with Gasteiger partial charge >= 0.3 is 0 Å². The summed E-state index contributed by atoms with van der Waals surface area (Å²) < 4.78 is 5.86. The molecule has 34 heavy (non-hydrogen) atoms. The van der Waals surface area contributed by atoms with Crippen molar-refractivity contribution in [2.45, 2.75) is 51.2 Å². The SMILES string of the molecule is CN(C(=O)c1ccccc1N)c1ccccc1COCCCCCC(=O)N1CCC[C@H]1C(N)=O. The molecular weight excluding hydrogens is 432 g/mol. The van der Waals surface area contributed by atoms with Crippen LogP contribution in [0.4, 0.5) is 11.4 Å². The highest BCUT2D eigenvalue weighted by Gasteiger charge is 2.31. The molecule has 1 atom stereocenters. The van der Waals surface area contributed by atoms with E-state index in [4.69, 9.17) is 16.2 Å². The maximum atomic E-state index is 12.9. The van der Waals surface area contributed by atoms with Gasteiger partial charge in [-0.05, 0) is 43.9 Å². The van der Waals surface area contributed by atoms with Crippen molar-refractivity contribution in [3.05, 3.63) is 59.7 Å². The van der Waals surface area contributed by atoms with E-state index in [9.17, 15) is 14.4 Å². The van der Waals surface area contributed by atoms with Crippen molar-refractivity contribution in [3.8, 4) is 0 Å². The molecule has 0 spiro atoms. The van der Waals surface area contributed by atoms with Crippen molar-refractivity contribution in [1.29, 1.82) is 0 Å². The Morgan fingerprint density at radius 2 is 1.79 bits per heavy atom. The Balaban J connectivity index is 1.42. The molecule has 8 heteroatoms. The van der Waals surface area contributed by atoms with Gasteiger partial charge in [0.05, 0.1) is 12.2 Å². The van der Waals surface area contributed by atoms with E-state index in [-0.39, 0.29) is 11.8 Å². The second-order valence-electron chi connectivity index (χ2n) is 8.59. The number of carbonyl (C=O) groups excluding carboxylic acids is 3. The van der Waals surface area contributed by atoms with Crippen molar-refractivity contribution < 1.29 is 19.1 Å². The highest BCUT2D eigenvalue weighted by molar-refractivity contribution is 6.09. The molecule has 8 nitrogen and oxygen atoms in total. The molecule has 3 rings (SSSR count). The Kier molecular flexibility index (Phi) is 9.04. The number of hydrogen-bond donors (Lipinski definition) is 2. The Labute approximate surface area is 200 Å². The number of unbranched alkanes of at least 4 members (excludes halogenated alkanes) is 2. The van der Waals surface area contributed by atoms with Crippen LogP contribution in [0.3, 0.4) is 0 Å². The van der Waals surface area contributed by atoms with Gasteiger partial charge < -0.3 is 26.0 Å². The lowest BCUT2D eigenvalue weighted by atomic mass is 10.1. The Morgan fingerprint density at radius 1 is 1.06 bits per heavy atom. The smallest absolute Gasteiger partial charge is 0.260 e. The van der Waals surface area contributed by atoms with Crippen molar-refractivity contribution >= 4 is 29.1 Å². The summed E-state index contributed by atoms with van der Waals surface area (Å²) in [6.07, 6.45) is 4.33. The monoisotopic (exact) mass is 466 g/mol. The number of benzene rings is 2. The number of rotatable bonds is 11. The molecule has 2 aromatic rings. The van der Waals surface area contributed by atoms with Crippen LogP contribution in [0.5, 0.6) is 0 Å². The average molecular weight is 467 g/mol. The summed E-state index contributed by atoms with van der Waals surface area (Å²) in [6, 6.07) is 14.2. The van der Waals surface area contributed by atoms with Crippen LogP contribution in [0.25, 0.3) is 0 Å². The van der Waals surface area contributed by atoms with E-state index in [1.807, 2.05) is 24.3 Å². The van der Waals surface area contributed by atoms with Crippen LogP contribution < -0.4 is 16.4 Å². The standard InChI is InChI=1S/C26H34N4O4/c1-29(26(33)20-11-5-6-12-21(20)27)22-13-7-4-10-19(22)18-34-17-8-2-3-15-24(31)30-16-9-14-23(30)25(28)32/h4-7,10-13,23H,2-3,8-9,14-18,27H2,1H3,(H2,28,32)/t23-/m0/s1. The largest absolute Gasteiger partial charge is 0.398 e. The van der Waals surface area contributed by atoms with E-state index in [0.29, 0.717) is 43.9 Å². The fourth-order valence-electron chi connectivity index (χ4n) is 4.29. The maximum absolute atomic E-state index is 12.9. The molecule has 1 aliphatic heterocycles. The molecule has 0 aromatic heterocycles. The maximum Gasteiger partial charge on any atom is 0.260 e. The molecule has 4 N–H and O–H groups in total. The van der Waals surface area contributed by atoms with Crippen LogP contribution in [0, 0.1) is 0 Å². The molecule has 1 fully saturated rings. The fourth-order valence-corrected chi connectivity index (χ4v) is 4.29. The second kappa shape index (κ2) is 12.2. The molecule has 0 radical (unpaired) electrons. The number of ether oxygens (including phenoxy) is 1. The molecular formula is C26H34N4O4. The summed E-state index contributed by atoms with van der Waals surface area (Å²) in [5.41, 5.74) is 14.0. The predicted molar refractivity (Wildman–Crippen MR) is 132 cm³/mol. The third-order valence-corrected chi connectivity index (χ3v) is 6.19.